The summed E-state index contributed by atoms with van der Waals surface area (Å²) in [5, 5.41) is 2.35. The number of aryl methyl sites for hydroxylation is 1. The molecule has 0 radical (unpaired) electrons. The highest BCUT2D eigenvalue weighted by Gasteiger charge is 2.50. The lowest BCUT2D eigenvalue weighted by atomic mass is 9.42. The standard InChI is InChI=1S/C65H75BN2O/c1-38-31-46-49(64(13,14)29-27-61(46,7)8)36-52(38)67-51-24-22-42-41-19-17-18-20-55(41)69-58(42)57(51)66-56-44(32-39(33-54(56)67)59(2,3)4)43-35-48-50(65(15,16)30-28-63(48,11)12)37-53(43)68(66)40-21-23-45-47(34-40)62(9,10)26-25-60(45,5)6/h17-24,31-37H,25-30H2,1-16H3. The van der Waals surface area contributed by atoms with Crippen LogP contribution < -0.4 is 20.6 Å². The molecule has 5 aliphatic rings. The Labute approximate surface area is 414 Å². The first-order valence-corrected chi connectivity index (χ1v) is 26.4. The fourth-order valence-corrected chi connectivity index (χ4v) is 13.9. The molecule has 0 atom stereocenters. The third-order valence-corrected chi connectivity index (χ3v) is 18.9. The number of furan rings is 1. The molecule has 3 aliphatic carbocycles. The van der Waals surface area contributed by atoms with Gasteiger partial charge in [-0.1, -0.05) is 140 Å². The van der Waals surface area contributed by atoms with Gasteiger partial charge in [-0.15, -0.1) is 0 Å². The summed E-state index contributed by atoms with van der Waals surface area (Å²) in [6, 6.07) is 36.8. The Morgan fingerprint density at radius 3 is 1.61 bits per heavy atom. The van der Waals surface area contributed by atoms with E-state index in [2.05, 4.69) is 211 Å². The molecule has 3 nitrogen and oxygen atoms in total. The number of fused-ring (bicyclic) bond motifs is 11. The Kier molecular flexibility index (Phi) is 9.13. The average Bonchev–Trinajstić information content (AvgIpc) is 3.67. The smallest absolute Gasteiger partial charge is 0.336 e. The van der Waals surface area contributed by atoms with Gasteiger partial charge in [0.1, 0.15) is 11.2 Å². The largest absolute Gasteiger partial charge is 0.456 e. The van der Waals surface area contributed by atoms with Crippen LogP contribution in [0, 0.1) is 6.92 Å². The molecule has 12 rings (SSSR count). The summed E-state index contributed by atoms with van der Waals surface area (Å²) in [6.07, 6.45) is 7.05. The number of hydrogen-bond donors (Lipinski definition) is 0. The Hall–Kier alpha value is -5.22. The molecule has 2 aliphatic heterocycles. The maximum atomic E-state index is 7.33. The first-order valence-electron chi connectivity index (χ1n) is 26.4. The molecule has 0 spiro atoms. The molecule has 0 bridgehead atoms. The van der Waals surface area contributed by atoms with Crippen LogP contribution in [0.5, 0.6) is 0 Å². The second-order valence-electron chi connectivity index (χ2n) is 27.4. The number of nitrogens with zero attached hydrogens (tertiary/aromatic N) is 2. The molecule has 0 amide bonds. The van der Waals surface area contributed by atoms with Crippen LogP contribution in [0.15, 0.2) is 95.4 Å². The Morgan fingerprint density at radius 2 is 1.00 bits per heavy atom. The third-order valence-electron chi connectivity index (χ3n) is 18.9. The van der Waals surface area contributed by atoms with Gasteiger partial charge in [0.25, 0.3) is 0 Å². The quantitative estimate of drug-likeness (QED) is 0.161. The van der Waals surface area contributed by atoms with E-state index in [1.165, 1.54) is 138 Å². The van der Waals surface area contributed by atoms with Crippen LogP contribution in [0.25, 0.3) is 33.1 Å². The van der Waals surface area contributed by atoms with Crippen molar-refractivity contribution in [3.63, 3.8) is 0 Å². The van der Waals surface area contributed by atoms with Gasteiger partial charge in [0.2, 0.25) is 0 Å². The molecule has 0 unspecified atom stereocenters. The number of para-hydroxylation sites is 1. The molecule has 0 N–H and O–H groups in total. The normalized spacial score (nSPS) is 20.7. The predicted octanol–water partition coefficient (Wildman–Crippen LogP) is 16.9. The van der Waals surface area contributed by atoms with Crippen molar-refractivity contribution in [3.05, 3.63) is 136 Å². The first kappa shape index (κ1) is 45.0. The minimum absolute atomic E-state index is 0.0334. The summed E-state index contributed by atoms with van der Waals surface area (Å²) < 4.78 is 7.33. The molecule has 0 fully saturated rings. The van der Waals surface area contributed by atoms with Crippen LogP contribution in [-0.4, -0.2) is 6.85 Å². The van der Waals surface area contributed by atoms with Crippen molar-refractivity contribution in [3.8, 4) is 11.1 Å². The minimum atomic E-state index is -0.170. The molecule has 0 saturated carbocycles. The molecule has 69 heavy (non-hydrogen) atoms. The summed E-state index contributed by atoms with van der Waals surface area (Å²) in [7, 11) is 0. The molecule has 7 aromatic rings. The van der Waals surface area contributed by atoms with Crippen molar-refractivity contribution < 1.29 is 4.42 Å². The highest BCUT2D eigenvalue weighted by Crippen LogP contribution is 2.57. The van der Waals surface area contributed by atoms with E-state index < -0.39 is 0 Å². The monoisotopic (exact) mass is 911 g/mol. The van der Waals surface area contributed by atoms with Gasteiger partial charge in [0.05, 0.1) is 0 Å². The van der Waals surface area contributed by atoms with Crippen molar-refractivity contribution in [2.75, 3.05) is 9.71 Å². The average molecular weight is 911 g/mol. The van der Waals surface area contributed by atoms with Gasteiger partial charge in [-0.2, -0.15) is 0 Å². The maximum Gasteiger partial charge on any atom is 0.336 e. The summed E-state index contributed by atoms with van der Waals surface area (Å²) in [6.45, 7) is 39.1. The second-order valence-corrected chi connectivity index (χ2v) is 27.4. The molecular weight excluding hydrogens is 836 g/mol. The van der Waals surface area contributed by atoms with Crippen LogP contribution >= 0.6 is 0 Å². The predicted molar refractivity (Wildman–Crippen MR) is 297 cm³/mol. The fourth-order valence-electron chi connectivity index (χ4n) is 13.9. The van der Waals surface area contributed by atoms with Gasteiger partial charge in [-0.3, -0.25) is 0 Å². The number of rotatable bonds is 2. The lowest BCUT2D eigenvalue weighted by Crippen LogP contribution is -2.62. The van der Waals surface area contributed by atoms with Gasteiger partial charge in [-0.25, -0.2) is 0 Å². The lowest BCUT2D eigenvalue weighted by Gasteiger charge is -2.49. The molecule has 3 heterocycles. The van der Waals surface area contributed by atoms with Crippen LogP contribution in [0.2, 0.25) is 0 Å². The van der Waals surface area contributed by atoms with E-state index in [9.17, 15) is 0 Å². The van der Waals surface area contributed by atoms with E-state index in [0.29, 0.717) is 0 Å². The molecule has 6 aromatic carbocycles. The first-order chi connectivity index (χ1) is 32.2. The summed E-state index contributed by atoms with van der Waals surface area (Å²) >= 11 is 0. The topological polar surface area (TPSA) is 19.6 Å². The van der Waals surface area contributed by atoms with E-state index in [1.54, 1.807) is 0 Å². The molecule has 0 saturated heterocycles. The van der Waals surface area contributed by atoms with Crippen LogP contribution in [0.1, 0.15) is 187 Å². The number of anilines is 5. The summed E-state index contributed by atoms with van der Waals surface area (Å²) in [5.41, 5.74) is 25.5. The Bertz CT molecular complexity index is 3360. The molecule has 4 heteroatoms. The fraction of sp³-hybridized carbons (Fsp3) is 0.446. The van der Waals surface area contributed by atoms with Gasteiger partial charge < -0.3 is 14.1 Å². The third kappa shape index (κ3) is 6.37. The number of benzene rings is 6. The maximum absolute atomic E-state index is 7.33. The van der Waals surface area contributed by atoms with Crippen molar-refractivity contribution >= 4 is 68.1 Å². The van der Waals surface area contributed by atoms with E-state index >= 15 is 0 Å². The molecule has 1 aromatic heterocycles. The van der Waals surface area contributed by atoms with E-state index in [1.807, 2.05) is 0 Å². The van der Waals surface area contributed by atoms with E-state index in [4.69, 9.17) is 4.42 Å². The zero-order chi connectivity index (χ0) is 48.9. The highest BCUT2D eigenvalue weighted by molar-refractivity contribution is 6.95. The van der Waals surface area contributed by atoms with E-state index in [0.717, 1.165) is 17.6 Å². The molecule has 354 valence electrons. The van der Waals surface area contributed by atoms with Crippen LogP contribution in [0.4, 0.5) is 28.4 Å². The van der Waals surface area contributed by atoms with Crippen molar-refractivity contribution in [2.45, 2.75) is 187 Å². The second kappa shape index (κ2) is 14.0. The van der Waals surface area contributed by atoms with Gasteiger partial charge in [-0.05, 0) is 193 Å². The number of hydrogen-bond acceptors (Lipinski definition) is 3. The van der Waals surface area contributed by atoms with Gasteiger partial charge in [0.15, 0.2) is 0 Å². The highest BCUT2D eigenvalue weighted by atomic mass is 16.3. The van der Waals surface area contributed by atoms with Gasteiger partial charge in [0, 0.05) is 50.2 Å². The Morgan fingerprint density at radius 1 is 0.464 bits per heavy atom. The summed E-state index contributed by atoms with van der Waals surface area (Å²) in [4.78, 5) is 5.48. The van der Waals surface area contributed by atoms with Crippen molar-refractivity contribution in [1.82, 2.24) is 0 Å². The zero-order valence-corrected chi connectivity index (χ0v) is 44.8. The van der Waals surface area contributed by atoms with Crippen LogP contribution in [-0.2, 0) is 37.9 Å². The zero-order valence-electron chi connectivity index (χ0n) is 44.8. The molecular formula is C65H75BN2O. The summed E-state index contributed by atoms with van der Waals surface area (Å²) in [5.74, 6) is 0. The minimum Gasteiger partial charge on any atom is -0.456 e. The van der Waals surface area contributed by atoms with E-state index in [-0.39, 0.29) is 44.8 Å². The van der Waals surface area contributed by atoms with Gasteiger partial charge >= 0.3 is 6.85 Å². The van der Waals surface area contributed by atoms with Crippen molar-refractivity contribution in [1.29, 1.82) is 0 Å². The van der Waals surface area contributed by atoms with Crippen LogP contribution in [0.3, 0.4) is 0 Å². The SMILES string of the molecule is Cc1cc2c(cc1N1c3cc(C(C)(C)C)cc4c3B(c3c1ccc1c3oc3ccccc31)N(c1ccc3c(c1)C(C)(C)CCC3(C)C)c1cc3c(cc1-4)C(C)(C)CCC3(C)C)C(C)(C)CCC2(C)C. The van der Waals surface area contributed by atoms with Crippen molar-refractivity contribution in [2.24, 2.45) is 0 Å². The lowest BCUT2D eigenvalue weighted by molar-refractivity contribution is 0.332. The Balaban J connectivity index is 1.27.